The van der Waals surface area contributed by atoms with Gasteiger partial charge < -0.3 is 22.1 Å². The van der Waals surface area contributed by atoms with E-state index in [2.05, 4.69) is 38.1 Å². The molecular weight excluding hydrogens is 467 g/mol. The lowest BCUT2D eigenvalue weighted by molar-refractivity contribution is 0.968. The van der Waals surface area contributed by atoms with Crippen LogP contribution in [0.1, 0.15) is 0 Å². The zero-order valence-electron chi connectivity index (χ0n) is 15.1. The summed E-state index contributed by atoms with van der Waals surface area (Å²) in [5.74, 6) is 0.362. The van der Waals surface area contributed by atoms with E-state index in [0.29, 0.717) is 45.5 Å². The number of halogens is 2. The molecule has 10 nitrogen and oxygen atoms in total. The molecule has 4 rings (SSSR count). The molecule has 0 aliphatic carbocycles. The molecule has 0 unspecified atom stereocenters. The molecule has 0 fully saturated rings. The summed E-state index contributed by atoms with van der Waals surface area (Å²) in [5.41, 5.74) is 15.8. The van der Waals surface area contributed by atoms with Gasteiger partial charge in [-0.3, -0.25) is 9.98 Å². The van der Waals surface area contributed by atoms with Crippen molar-refractivity contribution in [3.05, 3.63) is 34.3 Å². The summed E-state index contributed by atoms with van der Waals surface area (Å²) in [6, 6.07) is 7.03. The van der Waals surface area contributed by atoms with Gasteiger partial charge in [0.1, 0.15) is 22.1 Å². The monoisotopic (exact) mass is 480 g/mol. The fourth-order valence-electron chi connectivity index (χ4n) is 2.57. The molecule has 0 bridgehead atoms. The van der Waals surface area contributed by atoms with Crippen LogP contribution in [0.25, 0.3) is 22.1 Å². The molecule has 2 heterocycles. The zero-order chi connectivity index (χ0) is 21.1. The van der Waals surface area contributed by atoms with Crippen LogP contribution in [0.5, 0.6) is 0 Å². The molecule has 2 aromatic carbocycles. The predicted octanol–water partition coefficient (Wildman–Crippen LogP) is 3.16. The van der Waals surface area contributed by atoms with Gasteiger partial charge in [0.25, 0.3) is 0 Å². The second kappa shape index (κ2) is 8.92. The van der Waals surface area contributed by atoms with Gasteiger partial charge in [0.2, 0.25) is 0 Å². The van der Waals surface area contributed by atoms with Crippen LogP contribution in [-0.4, -0.2) is 42.5 Å². The first-order valence-electron chi connectivity index (χ1n) is 8.48. The van der Waals surface area contributed by atoms with Crippen molar-refractivity contribution < 1.29 is 0 Å². The van der Waals surface area contributed by atoms with Crippen LogP contribution >= 0.6 is 46.7 Å². The number of nitrogens with one attached hydrogen (secondary N) is 2. The molecule has 0 aliphatic rings. The third kappa shape index (κ3) is 4.36. The van der Waals surface area contributed by atoms with E-state index in [1.807, 2.05) is 0 Å². The molecular formula is C16H14Cl2N10S2. The van der Waals surface area contributed by atoms with Crippen LogP contribution < -0.4 is 22.1 Å². The Morgan fingerprint density at radius 1 is 0.767 bits per heavy atom. The Hall–Kier alpha value is -2.80. The Morgan fingerprint density at radius 3 is 1.63 bits per heavy atom. The van der Waals surface area contributed by atoms with Crippen LogP contribution in [0.15, 0.2) is 34.3 Å². The number of benzene rings is 2. The van der Waals surface area contributed by atoms with Gasteiger partial charge >= 0.3 is 0 Å². The van der Waals surface area contributed by atoms with Crippen molar-refractivity contribution in [3.8, 4) is 0 Å². The first kappa shape index (κ1) is 20.5. The quantitative estimate of drug-likeness (QED) is 0.193. The standard InChI is InChI=1S/C16H14Cl2N10S2/c17-7-1-3-9-13(27-29-25-9)11(7)23-15(19)21-5-6-22-16(20)24-12-8(18)2-4-10-14(12)28-30-26-10/h1-4H,5-6H2,(H3,19,21,23)(H3,20,22,24). The largest absolute Gasteiger partial charge is 0.370 e. The molecule has 4 aromatic rings. The molecule has 6 N–H and O–H groups in total. The summed E-state index contributed by atoms with van der Waals surface area (Å²) in [6.07, 6.45) is 0. The minimum Gasteiger partial charge on any atom is -0.370 e. The number of aliphatic imine (C=N–C) groups is 2. The summed E-state index contributed by atoms with van der Waals surface area (Å²) in [7, 11) is 0. The third-order valence-corrected chi connectivity index (χ3v) is 5.64. The number of anilines is 2. The zero-order valence-corrected chi connectivity index (χ0v) is 18.3. The smallest absolute Gasteiger partial charge is 0.193 e. The number of hydrogen-bond donors (Lipinski definition) is 4. The van der Waals surface area contributed by atoms with Crippen LogP contribution in [0.2, 0.25) is 10.0 Å². The van der Waals surface area contributed by atoms with Gasteiger partial charge in [-0.15, -0.1) is 0 Å². The van der Waals surface area contributed by atoms with Crippen LogP contribution in [0.4, 0.5) is 11.4 Å². The highest BCUT2D eigenvalue weighted by atomic mass is 35.5. The van der Waals surface area contributed by atoms with Gasteiger partial charge in [-0.2, -0.15) is 17.5 Å². The fraction of sp³-hybridized carbons (Fsp3) is 0.125. The van der Waals surface area contributed by atoms with Gasteiger partial charge in [0.05, 0.1) is 58.0 Å². The van der Waals surface area contributed by atoms with Crippen molar-refractivity contribution in [2.75, 3.05) is 23.7 Å². The number of rotatable bonds is 5. The Balaban J connectivity index is 1.38. The van der Waals surface area contributed by atoms with E-state index in [-0.39, 0.29) is 11.9 Å². The van der Waals surface area contributed by atoms with E-state index in [4.69, 9.17) is 34.7 Å². The van der Waals surface area contributed by atoms with Gasteiger partial charge in [-0.05, 0) is 24.3 Å². The minimum absolute atomic E-state index is 0.181. The number of aromatic nitrogens is 4. The maximum atomic E-state index is 6.23. The Morgan fingerprint density at radius 2 is 1.20 bits per heavy atom. The van der Waals surface area contributed by atoms with Gasteiger partial charge in [-0.25, -0.2) is 0 Å². The highest BCUT2D eigenvalue weighted by Gasteiger charge is 2.11. The van der Waals surface area contributed by atoms with E-state index in [0.717, 1.165) is 34.5 Å². The van der Waals surface area contributed by atoms with Crippen molar-refractivity contribution in [1.29, 1.82) is 0 Å². The first-order valence-corrected chi connectivity index (χ1v) is 10.7. The third-order valence-electron chi connectivity index (χ3n) is 3.92. The van der Waals surface area contributed by atoms with Crippen molar-refractivity contribution in [2.45, 2.75) is 0 Å². The first-order chi connectivity index (χ1) is 14.5. The number of fused-ring (bicyclic) bond motifs is 2. The second-order valence-corrected chi connectivity index (χ2v) is 7.76. The van der Waals surface area contributed by atoms with Crippen LogP contribution in [-0.2, 0) is 0 Å². The number of hydrogen-bond acceptors (Lipinski definition) is 8. The molecule has 0 saturated heterocycles. The molecule has 0 saturated carbocycles. The fourth-order valence-corrected chi connectivity index (χ4v) is 4.05. The topological polar surface area (TPSA) is 152 Å². The normalized spacial score (nSPS) is 12.6. The molecule has 2 aromatic heterocycles. The van der Waals surface area contributed by atoms with Crippen molar-refractivity contribution >= 4 is 92.0 Å². The van der Waals surface area contributed by atoms with Crippen molar-refractivity contribution in [3.63, 3.8) is 0 Å². The van der Waals surface area contributed by atoms with Gasteiger partial charge in [-0.1, -0.05) is 23.2 Å². The predicted molar refractivity (Wildman–Crippen MR) is 125 cm³/mol. The van der Waals surface area contributed by atoms with E-state index in [1.165, 1.54) is 0 Å². The molecule has 0 spiro atoms. The van der Waals surface area contributed by atoms with Crippen LogP contribution in [0, 0.1) is 0 Å². The Kier molecular flexibility index (Phi) is 6.08. The molecule has 14 heteroatoms. The lowest BCUT2D eigenvalue weighted by Crippen LogP contribution is -2.25. The van der Waals surface area contributed by atoms with E-state index in [9.17, 15) is 0 Å². The molecule has 154 valence electrons. The maximum absolute atomic E-state index is 6.23. The number of guanidine groups is 2. The van der Waals surface area contributed by atoms with E-state index in [1.54, 1.807) is 24.3 Å². The summed E-state index contributed by atoms with van der Waals surface area (Å²) in [6.45, 7) is 0.612. The van der Waals surface area contributed by atoms with Crippen LogP contribution in [0.3, 0.4) is 0 Å². The van der Waals surface area contributed by atoms with E-state index < -0.39 is 0 Å². The molecule has 0 radical (unpaired) electrons. The minimum atomic E-state index is 0.181. The van der Waals surface area contributed by atoms with Gasteiger partial charge in [0.15, 0.2) is 11.9 Å². The van der Waals surface area contributed by atoms with Crippen molar-refractivity contribution in [1.82, 2.24) is 17.5 Å². The highest BCUT2D eigenvalue weighted by molar-refractivity contribution is 7.00. The van der Waals surface area contributed by atoms with E-state index >= 15 is 0 Å². The average molecular weight is 481 g/mol. The van der Waals surface area contributed by atoms with Gasteiger partial charge in [0, 0.05) is 0 Å². The lowest BCUT2D eigenvalue weighted by Gasteiger charge is -2.08. The molecule has 0 atom stereocenters. The second-order valence-electron chi connectivity index (χ2n) is 5.89. The lowest BCUT2D eigenvalue weighted by atomic mass is 10.2. The summed E-state index contributed by atoms with van der Waals surface area (Å²) in [5, 5.41) is 6.88. The summed E-state index contributed by atoms with van der Waals surface area (Å²) >= 11 is 14.6. The molecule has 0 aliphatic heterocycles. The summed E-state index contributed by atoms with van der Waals surface area (Å²) < 4.78 is 16.8. The Labute approximate surface area is 188 Å². The molecule has 0 amide bonds. The number of nitrogens with two attached hydrogens (primary N) is 2. The number of nitrogens with zero attached hydrogens (tertiary/aromatic N) is 6. The Bertz CT molecular complexity index is 1170. The summed E-state index contributed by atoms with van der Waals surface area (Å²) in [4.78, 5) is 8.47. The van der Waals surface area contributed by atoms with Crippen molar-refractivity contribution in [2.24, 2.45) is 21.5 Å². The SMILES string of the molecule is NC(=NCCN=C(N)Nc1c(Cl)ccc2nsnc12)Nc1c(Cl)ccc2nsnc12. The molecule has 30 heavy (non-hydrogen) atoms. The highest BCUT2D eigenvalue weighted by Crippen LogP contribution is 2.30. The maximum Gasteiger partial charge on any atom is 0.193 e. The average Bonchev–Trinajstić information content (AvgIpc) is 3.39.